The number of nitrogens with zero attached hydrogens (tertiary/aromatic N) is 1. The fraction of sp³-hybridized carbons (Fsp3) is 0.400. The van der Waals surface area contributed by atoms with Crippen molar-refractivity contribution in [1.82, 2.24) is 15.0 Å². The lowest BCUT2D eigenvalue weighted by Crippen LogP contribution is -2.29. The predicted octanol–water partition coefficient (Wildman–Crippen LogP) is -0.964. The number of nitrogens with two attached hydrogens (primary N) is 1. The summed E-state index contributed by atoms with van der Waals surface area (Å²) in [5.41, 5.74) is 3.29. The van der Waals surface area contributed by atoms with Crippen LogP contribution < -0.4 is 21.3 Å². The third-order valence-corrected chi connectivity index (χ3v) is 2.89. The number of pyridine rings is 1. The molecular formula is C10H17N5O3S. The molecule has 0 aliphatic heterocycles. The Hall–Kier alpha value is -1.71. The van der Waals surface area contributed by atoms with Crippen LogP contribution in [0.25, 0.3) is 0 Å². The molecule has 1 aromatic heterocycles. The summed E-state index contributed by atoms with van der Waals surface area (Å²) >= 11 is 0. The summed E-state index contributed by atoms with van der Waals surface area (Å²) in [6.45, 7) is 0.641. The second-order valence-corrected chi connectivity index (χ2v) is 5.69. The Kier molecular flexibility index (Phi) is 5.67. The third-order valence-electron chi connectivity index (χ3n) is 2.17. The fourth-order valence-corrected chi connectivity index (χ4v) is 1.77. The van der Waals surface area contributed by atoms with E-state index in [1.54, 1.807) is 12.1 Å². The highest BCUT2D eigenvalue weighted by Gasteiger charge is 2.06. The summed E-state index contributed by atoms with van der Waals surface area (Å²) in [6.07, 6.45) is 3.03. The molecule has 0 aromatic carbocycles. The van der Waals surface area contributed by atoms with E-state index in [1.165, 1.54) is 6.20 Å². The smallest absolute Gasteiger partial charge is 0.269 e. The van der Waals surface area contributed by atoms with Crippen LogP contribution in [0.3, 0.4) is 0 Å². The van der Waals surface area contributed by atoms with E-state index in [-0.39, 0.29) is 18.1 Å². The lowest BCUT2D eigenvalue weighted by Gasteiger charge is -2.05. The van der Waals surface area contributed by atoms with Gasteiger partial charge in [-0.05, 0) is 18.6 Å². The Morgan fingerprint density at radius 2 is 2.11 bits per heavy atom. The quantitative estimate of drug-likeness (QED) is 0.290. The minimum absolute atomic E-state index is 0.273. The highest BCUT2D eigenvalue weighted by atomic mass is 32.2. The molecule has 1 heterocycles. The van der Waals surface area contributed by atoms with Crippen LogP contribution >= 0.6 is 0 Å². The predicted molar refractivity (Wildman–Crippen MR) is 71.8 cm³/mol. The van der Waals surface area contributed by atoms with Crippen LogP contribution in [0.1, 0.15) is 16.9 Å². The van der Waals surface area contributed by atoms with Gasteiger partial charge in [-0.1, -0.05) is 0 Å². The van der Waals surface area contributed by atoms with Gasteiger partial charge in [0, 0.05) is 13.1 Å². The minimum atomic E-state index is -3.18. The van der Waals surface area contributed by atoms with E-state index in [2.05, 4.69) is 20.4 Å². The van der Waals surface area contributed by atoms with Gasteiger partial charge in [0.2, 0.25) is 10.0 Å². The van der Waals surface area contributed by atoms with Gasteiger partial charge in [-0.15, -0.1) is 0 Å². The van der Waals surface area contributed by atoms with Gasteiger partial charge >= 0.3 is 0 Å². The monoisotopic (exact) mass is 287 g/mol. The topological polar surface area (TPSA) is 126 Å². The average molecular weight is 287 g/mol. The number of hydrogen-bond donors (Lipinski definition) is 4. The first-order valence-corrected chi connectivity index (χ1v) is 7.47. The molecule has 8 nitrogen and oxygen atoms in total. The van der Waals surface area contributed by atoms with E-state index in [4.69, 9.17) is 5.84 Å². The van der Waals surface area contributed by atoms with E-state index < -0.39 is 10.0 Å². The van der Waals surface area contributed by atoms with Gasteiger partial charge in [0.05, 0.1) is 18.1 Å². The zero-order valence-corrected chi connectivity index (χ0v) is 11.3. The van der Waals surface area contributed by atoms with Crippen LogP contribution in [0.5, 0.6) is 0 Å². The maximum absolute atomic E-state index is 11.6. The van der Waals surface area contributed by atoms with Crippen molar-refractivity contribution in [2.75, 3.05) is 24.8 Å². The second-order valence-electron chi connectivity index (χ2n) is 3.85. The van der Waals surface area contributed by atoms with Crippen LogP contribution in [0.2, 0.25) is 0 Å². The van der Waals surface area contributed by atoms with Crippen molar-refractivity contribution >= 4 is 21.6 Å². The number of rotatable bonds is 7. The van der Waals surface area contributed by atoms with E-state index >= 15 is 0 Å². The molecular weight excluding hydrogens is 270 g/mol. The number of sulfonamides is 1. The normalized spacial score (nSPS) is 11.1. The first-order chi connectivity index (χ1) is 8.92. The van der Waals surface area contributed by atoms with Crippen molar-refractivity contribution in [3.8, 4) is 0 Å². The Morgan fingerprint density at radius 1 is 1.37 bits per heavy atom. The summed E-state index contributed by atoms with van der Waals surface area (Å²) in [7, 11) is -3.18. The zero-order valence-electron chi connectivity index (χ0n) is 10.5. The average Bonchev–Trinajstić information content (AvgIpc) is 2.37. The summed E-state index contributed by atoms with van der Waals surface area (Å²) < 4.78 is 23.9. The molecule has 1 aromatic rings. The standard InChI is InChI=1S/C10H17N5O3S/c1-19(17,18)14-6-2-5-12-10(16)9-4-3-8(15-11)7-13-9/h3-4,7,14-15H,2,5-6,11H2,1H3,(H,12,16). The highest BCUT2D eigenvalue weighted by Crippen LogP contribution is 2.03. The molecule has 1 rings (SSSR count). The van der Waals surface area contributed by atoms with Gasteiger partial charge in [-0.2, -0.15) is 0 Å². The maximum Gasteiger partial charge on any atom is 0.269 e. The van der Waals surface area contributed by atoms with Crippen molar-refractivity contribution < 1.29 is 13.2 Å². The minimum Gasteiger partial charge on any atom is -0.351 e. The number of amides is 1. The van der Waals surface area contributed by atoms with Crippen molar-refractivity contribution in [1.29, 1.82) is 0 Å². The summed E-state index contributed by atoms with van der Waals surface area (Å²) in [5.74, 6) is 4.86. The third kappa shape index (κ3) is 6.13. The Bertz CT molecular complexity index is 514. The number of hydrogen-bond acceptors (Lipinski definition) is 6. The van der Waals surface area contributed by atoms with Crippen molar-refractivity contribution in [2.45, 2.75) is 6.42 Å². The number of nitrogen functional groups attached to an aromatic ring is 1. The second kappa shape index (κ2) is 7.02. The van der Waals surface area contributed by atoms with E-state index in [0.717, 1.165) is 6.26 Å². The summed E-state index contributed by atoms with van der Waals surface area (Å²) in [5, 5.41) is 2.63. The van der Waals surface area contributed by atoms with Crippen LogP contribution in [0.15, 0.2) is 18.3 Å². The van der Waals surface area contributed by atoms with Gasteiger partial charge in [0.15, 0.2) is 0 Å². The first kappa shape index (κ1) is 15.3. The van der Waals surface area contributed by atoms with Crippen molar-refractivity contribution in [3.05, 3.63) is 24.0 Å². The van der Waals surface area contributed by atoms with Crippen LogP contribution in [0, 0.1) is 0 Å². The number of nitrogens with one attached hydrogen (secondary N) is 3. The van der Waals surface area contributed by atoms with E-state index in [0.29, 0.717) is 18.7 Å². The van der Waals surface area contributed by atoms with E-state index in [1.807, 2.05) is 0 Å². The number of hydrazine groups is 1. The van der Waals surface area contributed by atoms with Gasteiger partial charge in [0.25, 0.3) is 5.91 Å². The molecule has 106 valence electrons. The van der Waals surface area contributed by atoms with Gasteiger partial charge in [-0.25, -0.2) is 18.1 Å². The van der Waals surface area contributed by atoms with Crippen molar-refractivity contribution in [2.24, 2.45) is 5.84 Å². The molecule has 0 saturated carbocycles. The number of carbonyl (C=O) groups excluding carboxylic acids is 1. The number of anilines is 1. The molecule has 5 N–H and O–H groups in total. The Balaban J connectivity index is 2.31. The first-order valence-electron chi connectivity index (χ1n) is 5.58. The molecule has 19 heavy (non-hydrogen) atoms. The Morgan fingerprint density at radius 3 is 2.63 bits per heavy atom. The molecule has 0 radical (unpaired) electrons. The van der Waals surface area contributed by atoms with Gasteiger partial charge in [-0.3, -0.25) is 10.6 Å². The molecule has 0 unspecified atom stereocenters. The molecule has 0 bridgehead atoms. The molecule has 0 saturated heterocycles. The molecule has 0 spiro atoms. The number of carbonyl (C=O) groups is 1. The summed E-state index contributed by atoms with van der Waals surface area (Å²) in [4.78, 5) is 15.6. The molecule has 0 atom stereocenters. The number of aromatic nitrogens is 1. The SMILES string of the molecule is CS(=O)(=O)NCCCNC(=O)c1ccc(NN)cn1. The van der Waals surface area contributed by atoms with Crippen LogP contribution in [0.4, 0.5) is 5.69 Å². The fourth-order valence-electron chi connectivity index (χ4n) is 1.25. The lowest BCUT2D eigenvalue weighted by atomic mass is 10.3. The lowest BCUT2D eigenvalue weighted by molar-refractivity contribution is 0.0948. The maximum atomic E-state index is 11.6. The highest BCUT2D eigenvalue weighted by molar-refractivity contribution is 7.88. The van der Waals surface area contributed by atoms with Gasteiger partial charge in [0.1, 0.15) is 5.69 Å². The zero-order chi connectivity index (χ0) is 14.3. The van der Waals surface area contributed by atoms with Crippen LogP contribution in [-0.2, 0) is 10.0 Å². The Labute approximate surface area is 111 Å². The van der Waals surface area contributed by atoms with Crippen molar-refractivity contribution in [3.63, 3.8) is 0 Å². The molecule has 9 heteroatoms. The molecule has 0 aliphatic rings. The molecule has 0 aliphatic carbocycles. The van der Waals surface area contributed by atoms with E-state index in [9.17, 15) is 13.2 Å². The molecule has 1 amide bonds. The summed E-state index contributed by atoms with van der Waals surface area (Å²) in [6, 6.07) is 3.17. The molecule has 0 fully saturated rings. The van der Waals surface area contributed by atoms with Crippen LogP contribution in [-0.4, -0.2) is 38.7 Å². The van der Waals surface area contributed by atoms with Gasteiger partial charge < -0.3 is 10.7 Å². The largest absolute Gasteiger partial charge is 0.351 e.